The number of ketones is 1. The Balaban J connectivity index is 2.73. The first-order valence-electron chi connectivity index (χ1n) is 7.63. The topological polar surface area (TPSA) is 83.8 Å². The molecule has 5 nitrogen and oxygen atoms in total. The van der Waals surface area contributed by atoms with E-state index in [0.717, 1.165) is 18.1 Å². The Kier molecular flexibility index (Phi) is 5.24. The van der Waals surface area contributed by atoms with Crippen LogP contribution in [0.25, 0.3) is 11.1 Å². The van der Waals surface area contributed by atoms with Gasteiger partial charge in [0.15, 0.2) is 5.78 Å². The lowest BCUT2D eigenvalue weighted by atomic mass is 9.89. The summed E-state index contributed by atoms with van der Waals surface area (Å²) in [6, 6.07) is 8.58. The molecule has 0 amide bonds. The van der Waals surface area contributed by atoms with E-state index in [1.807, 2.05) is 31.2 Å². The number of rotatable bonds is 5. The summed E-state index contributed by atoms with van der Waals surface area (Å²) >= 11 is 0. The molecule has 0 unspecified atom stereocenters. The molecule has 0 saturated carbocycles. The highest BCUT2D eigenvalue weighted by atomic mass is 16.5. The summed E-state index contributed by atoms with van der Waals surface area (Å²) < 4.78 is 4.68. The standard InChI is InChI=1S/C19H20O5/c1-4-12-5-7-13(8-6-12)19-14(9-17(23)24-3)18(11(2)20)15(21)10-16(19)22/h5-8,10,21-22H,4,9H2,1-3H3. The number of hydrogen-bond acceptors (Lipinski definition) is 5. The van der Waals surface area contributed by atoms with Gasteiger partial charge < -0.3 is 14.9 Å². The minimum Gasteiger partial charge on any atom is -0.507 e. The first-order valence-corrected chi connectivity index (χ1v) is 7.63. The number of hydrogen-bond donors (Lipinski definition) is 2. The Morgan fingerprint density at radius 3 is 2.21 bits per heavy atom. The van der Waals surface area contributed by atoms with Crippen LogP contribution in [-0.4, -0.2) is 29.1 Å². The van der Waals surface area contributed by atoms with Crippen LogP contribution in [-0.2, 0) is 22.4 Å². The van der Waals surface area contributed by atoms with Crippen LogP contribution in [0.1, 0.15) is 35.3 Å². The van der Waals surface area contributed by atoms with E-state index < -0.39 is 11.8 Å². The van der Waals surface area contributed by atoms with Crippen LogP contribution in [0.2, 0.25) is 0 Å². The summed E-state index contributed by atoms with van der Waals surface area (Å²) in [5, 5.41) is 20.4. The number of aryl methyl sites for hydroxylation is 1. The lowest BCUT2D eigenvalue weighted by Crippen LogP contribution is -2.11. The lowest BCUT2D eigenvalue weighted by Gasteiger charge is -2.16. The molecule has 0 aromatic heterocycles. The summed E-state index contributed by atoms with van der Waals surface area (Å²) in [6.45, 7) is 3.33. The van der Waals surface area contributed by atoms with Crippen molar-refractivity contribution in [3.8, 4) is 22.6 Å². The smallest absolute Gasteiger partial charge is 0.310 e. The second kappa shape index (κ2) is 7.17. The third kappa shape index (κ3) is 3.40. The largest absolute Gasteiger partial charge is 0.507 e. The van der Waals surface area contributed by atoms with E-state index in [0.29, 0.717) is 11.1 Å². The molecule has 0 saturated heterocycles. The maximum Gasteiger partial charge on any atom is 0.310 e. The van der Waals surface area contributed by atoms with Gasteiger partial charge in [-0.15, -0.1) is 0 Å². The zero-order valence-corrected chi connectivity index (χ0v) is 13.9. The van der Waals surface area contributed by atoms with Gasteiger partial charge in [-0.25, -0.2) is 0 Å². The number of carbonyl (C=O) groups is 2. The van der Waals surface area contributed by atoms with Crippen LogP contribution in [0.5, 0.6) is 11.5 Å². The summed E-state index contributed by atoms with van der Waals surface area (Å²) in [6.07, 6.45) is 0.647. The van der Waals surface area contributed by atoms with Gasteiger partial charge in [0.05, 0.1) is 19.1 Å². The molecule has 126 valence electrons. The molecule has 0 aliphatic rings. The molecule has 0 spiro atoms. The number of Topliss-reactive ketones (excluding diaryl/α,β-unsaturated/α-hetero) is 1. The Morgan fingerprint density at radius 2 is 1.71 bits per heavy atom. The summed E-state index contributed by atoms with van der Waals surface area (Å²) in [5.41, 5.74) is 2.42. The molecule has 5 heteroatoms. The van der Waals surface area contributed by atoms with Gasteiger partial charge in [0.1, 0.15) is 11.5 Å². The zero-order valence-electron chi connectivity index (χ0n) is 13.9. The number of methoxy groups -OCH3 is 1. The number of aromatic hydroxyl groups is 2. The highest BCUT2D eigenvalue weighted by molar-refractivity contribution is 6.02. The van der Waals surface area contributed by atoms with E-state index in [1.165, 1.54) is 14.0 Å². The highest BCUT2D eigenvalue weighted by Gasteiger charge is 2.23. The van der Waals surface area contributed by atoms with Crippen LogP contribution in [0.4, 0.5) is 0 Å². The van der Waals surface area contributed by atoms with E-state index >= 15 is 0 Å². The summed E-state index contributed by atoms with van der Waals surface area (Å²) in [5.74, 6) is -1.50. The number of carbonyl (C=O) groups excluding carboxylic acids is 2. The van der Waals surface area contributed by atoms with E-state index in [2.05, 4.69) is 4.74 Å². The molecular weight excluding hydrogens is 308 g/mol. The third-order valence-corrected chi connectivity index (χ3v) is 3.94. The predicted molar refractivity (Wildman–Crippen MR) is 90.3 cm³/mol. The van der Waals surface area contributed by atoms with Crippen molar-refractivity contribution < 1.29 is 24.5 Å². The Bertz CT molecular complexity index is 775. The van der Waals surface area contributed by atoms with Crippen LogP contribution < -0.4 is 0 Å². The second-order valence-electron chi connectivity index (χ2n) is 5.50. The summed E-state index contributed by atoms with van der Waals surface area (Å²) in [4.78, 5) is 23.7. The Hall–Kier alpha value is -2.82. The van der Waals surface area contributed by atoms with Crippen LogP contribution in [0.15, 0.2) is 30.3 Å². The number of esters is 1. The van der Waals surface area contributed by atoms with Crippen molar-refractivity contribution in [3.63, 3.8) is 0 Å². The predicted octanol–water partition coefficient (Wildman–Crippen LogP) is 3.25. The molecule has 0 fully saturated rings. The van der Waals surface area contributed by atoms with E-state index in [1.54, 1.807) is 0 Å². The minimum absolute atomic E-state index is 0.0211. The van der Waals surface area contributed by atoms with Crippen LogP contribution >= 0.6 is 0 Å². The van der Waals surface area contributed by atoms with E-state index in [9.17, 15) is 19.8 Å². The molecule has 2 aromatic rings. The molecule has 0 heterocycles. The highest BCUT2D eigenvalue weighted by Crippen LogP contribution is 2.40. The van der Waals surface area contributed by atoms with Gasteiger partial charge in [-0.3, -0.25) is 9.59 Å². The second-order valence-corrected chi connectivity index (χ2v) is 5.50. The van der Waals surface area contributed by atoms with Crippen molar-refractivity contribution in [2.45, 2.75) is 26.7 Å². The molecule has 2 N–H and O–H groups in total. The monoisotopic (exact) mass is 328 g/mol. The molecular formula is C19H20O5. The fourth-order valence-corrected chi connectivity index (χ4v) is 2.72. The Labute approximate surface area is 140 Å². The third-order valence-electron chi connectivity index (χ3n) is 3.94. The van der Waals surface area contributed by atoms with Crippen molar-refractivity contribution in [1.82, 2.24) is 0 Å². The van der Waals surface area contributed by atoms with Crippen molar-refractivity contribution in [2.75, 3.05) is 7.11 Å². The SMILES string of the molecule is CCc1ccc(-c2c(O)cc(O)c(C(C)=O)c2CC(=O)OC)cc1. The fraction of sp³-hybridized carbons (Fsp3) is 0.263. The van der Waals surface area contributed by atoms with Gasteiger partial charge in [0, 0.05) is 11.6 Å². The molecule has 2 aromatic carbocycles. The van der Waals surface area contributed by atoms with Gasteiger partial charge in [-0.2, -0.15) is 0 Å². The van der Waals surface area contributed by atoms with Gasteiger partial charge in [-0.05, 0) is 30.0 Å². The normalized spacial score (nSPS) is 10.5. The fourth-order valence-electron chi connectivity index (χ4n) is 2.72. The average Bonchev–Trinajstić information content (AvgIpc) is 2.54. The Morgan fingerprint density at radius 1 is 1.08 bits per heavy atom. The van der Waals surface area contributed by atoms with Gasteiger partial charge >= 0.3 is 5.97 Å². The number of ether oxygens (including phenoxy) is 1. The van der Waals surface area contributed by atoms with Gasteiger partial charge in [-0.1, -0.05) is 31.2 Å². The number of phenolic OH excluding ortho intramolecular Hbond substituents is 2. The van der Waals surface area contributed by atoms with Crippen molar-refractivity contribution >= 4 is 11.8 Å². The maximum atomic E-state index is 12.0. The molecule has 0 radical (unpaired) electrons. The number of phenols is 2. The van der Waals surface area contributed by atoms with Crippen molar-refractivity contribution in [2.24, 2.45) is 0 Å². The number of benzene rings is 2. The first kappa shape index (κ1) is 17.5. The summed E-state index contributed by atoms with van der Waals surface area (Å²) in [7, 11) is 1.24. The van der Waals surface area contributed by atoms with Crippen molar-refractivity contribution in [1.29, 1.82) is 0 Å². The minimum atomic E-state index is -0.561. The first-order chi connectivity index (χ1) is 11.4. The molecule has 0 atom stereocenters. The van der Waals surface area contributed by atoms with Gasteiger partial charge in [0.25, 0.3) is 0 Å². The van der Waals surface area contributed by atoms with E-state index in [4.69, 9.17) is 0 Å². The van der Waals surface area contributed by atoms with Crippen molar-refractivity contribution in [3.05, 3.63) is 47.0 Å². The molecule has 0 bridgehead atoms. The van der Waals surface area contributed by atoms with Crippen LogP contribution in [0, 0.1) is 0 Å². The molecule has 0 aliphatic heterocycles. The zero-order chi connectivity index (χ0) is 17.9. The maximum absolute atomic E-state index is 12.0. The van der Waals surface area contributed by atoms with Crippen LogP contribution in [0.3, 0.4) is 0 Å². The van der Waals surface area contributed by atoms with Gasteiger partial charge in [0.2, 0.25) is 0 Å². The van der Waals surface area contributed by atoms with E-state index in [-0.39, 0.29) is 29.0 Å². The quantitative estimate of drug-likeness (QED) is 0.650. The lowest BCUT2D eigenvalue weighted by molar-refractivity contribution is -0.139. The molecule has 0 aliphatic carbocycles. The average molecular weight is 328 g/mol. The molecule has 24 heavy (non-hydrogen) atoms. The molecule has 2 rings (SSSR count).